The van der Waals surface area contributed by atoms with Crippen LogP contribution >= 0.6 is 7.37 Å². The molecule has 28 heavy (non-hydrogen) atoms. The van der Waals surface area contributed by atoms with Crippen molar-refractivity contribution in [3.8, 4) is 0 Å². The number of benzene rings is 1. The zero-order valence-corrected chi connectivity index (χ0v) is 18.4. The Morgan fingerprint density at radius 3 is 2.46 bits per heavy atom. The maximum Gasteiger partial charge on any atom is 0.200 e. The first-order chi connectivity index (χ1) is 13.2. The van der Waals surface area contributed by atoms with Gasteiger partial charge in [-0.2, -0.15) is 0 Å². The summed E-state index contributed by atoms with van der Waals surface area (Å²) in [7, 11) is -2.68. The molecule has 0 bridgehead atoms. The lowest BCUT2D eigenvalue weighted by Gasteiger charge is -2.36. The zero-order chi connectivity index (χ0) is 20.4. The van der Waals surface area contributed by atoms with Gasteiger partial charge in [-0.05, 0) is 39.2 Å². The maximum absolute atomic E-state index is 12.7. The number of rotatable bonds is 9. The molecule has 0 N–H and O–H groups in total. The highest BCUT2D eigenvalue weighted by Crippen LogP contribution is 2.51. The highest BCUT2D eigenvalue weighted by Gasteiger charge is 2.61. The molecule has 158 valence electrons. The van der Waals surface area contributed by atoms with Crippen molar-refractivity contribution in [1.82, 2.24) is 0 Å². The molecule has 2 unspecified atom stereocenters. The monoisotopic (exact) mass is 412 g/mol. The average Bonchev–Trinajstić information content (AvgIpc) is 3.08. The van der Waals surface area contributed by atoms with Gasteiger partial charge in [-0.1, -0.05) is 37.3 Å². The Hall–Kier alpha value is -0.750. The highest BCUT2D eigenvalue weighted by atomic mass is 31.2. The molecule has 5 atom stereocenters. The van der Waals surface area contributed by atoms with Crippen LogP contribution in [-0.2, 0) is 34.6 Å². The minimum Gasteiger partial charge on any atom is -0.368 e. The van der Waals surface area contributed by atoms with Crippen molar-refractivity contribution in [2.75, 3.05) is 19.4 Å². The molecule has 2 heterocycles. The fourth-order valence-electron chi connectivity index (χ4n) is 4.05. The molecular weight excluding hydrogens is 379 g/mol. The van der Waals surface area contributed by atoms with Crippen molar-refractivity contribution >= 4 is 7.37 Å². The van der Waals surface area contributed by atoms with Crippen LogP contribution in [0.5, 0.6) is 0 Å². The predicted octanol–water partition coefficient (Wildman–Crippen LogP) is 4.56. The molecule has 1 aromatic rings. The molecule has 0 amide bonds. The van der Waals surface area contributed by atoms with Crippen molar-refractivity contribution in [2.24, 2.45) is 0 Å². The molecule has 2 aliphatic rings. The van der Waals surface area contributed by atoms with Crippen LogP contribution in [0, 0.1) is 0 Å². The molecule has 2 aliphatic heterocycles. The summed E-state index contributed by atoms with van der Waals surface area (Å²) in [4.78, 5) is 0. The van der Waals surface area contributed by atoms with Gasteiger partial charge in [0.25, 0.3) is 0 Å². The molecule has 2 fully saturated rings. The summed E-state index contributed by atoms with van der Waals surface area (Å²) in [5.74, 6) is -0.713. The van der Waals surface area contributed by atoms with Crippen LogP contribution in [0.4, 0.5) is 0 Å². The fourth-order valence-corrected chi connectivity index (χ4v) is 5.51. The van der Waals surface area contributed by atoms with E-state index in [2.05, 4.69) is 6.92 Å². The van der Waals surface area contributed by atoms with Crippen LogP contribution in [-0.4, -0.2) is 49.3 Å². The second-order valence-corrected chi connectivity index (χ2v) is 10.9. The Morgan fingerprint density at radius 2 is 1.82 bits per heavy atom. The Bertz CT molecular complexity index is 693. The van der Waals surface area contributed by atoms with Crippen molar-refractivity contribution in [2.45, 2.75) is 77.0 Å². The number of ether oxygens (including phenoxy) is 4. The van der Waals surface area contributed by atoms with E-state index >= 15 is 0 Å². The quantitative estimate of drug-likeness (QED) is 0.554. The van der Waals surface area contributed by atoms with Crippen LogP contribution in [0.25, 0.3) is 0 Å². The Balaban J connectivity index is 1.79. The van der Waals surface area contributed by atoms with Gasteiger partial charge in [0, 0.05) is 12.8 Å². The number of hydrogen-bond acceptors (Lipinski definition) is 6. The molecule has 0 radical (unpaired) electrons. The summed E-state index contributed by atoms with van der Waals surface area (Å²) in [5.41, 5.74) is 0.466. The van der Waals surface area contributed by atoms with E-state index in [0.717, 1.165) is 5.56 Å². The van der Waals surface area contributed by atoms with Crippen molar-refractivity contribution in [3.05, 3.63) is 35.9 Å². The lowest BCUT2D eigenvalue weighted by Crippen LogP contribution is -2.47. The normalized spacial score (nSPS) is 33.5. The molecule has 0 saturated carbocycles. The largest absolute Gasteiger partial charge is 0.368 e. The molecule has 0 aromatic heterocycles. The molecule has 6 nitrogen and oxygen atoms in total. The third-order valence-corrected chi connectivity index (χ3v) is 7.31. The van der Waals surface area contributed by atoms with Gasteiger partial charge < -0.3 is 23.5 Å². The summed E-state index contributed by atoms with van der Waals surface area (Å²) >= 11 is 0. The summed E-state index contributed by atoms with van der Waals surface area (Å²) < 4.78 is 43.0. The number of hydrogen-bond donors (Lipinski definition) is 0. The summed E-state index contributed by atoms with van der Waals surface area (Å²) in [6.07, 6.45) is 0.588. The predicted molar refractivity (Wildman–Crippen MR) is 108 cm³/mol. The van der Waals surface area contributed by atoms with Gasteiger partial charge in [-0.25, -0.2) is 0 Å². The highest BCUT2D eigenvalue weighted by molar-refractivity contribution is 7.58. The molecule has 0 spiro atoms. The van der Waals surface area contributed by atoms with E-state index in [1.165, 1.54) is 0 Å². The first kappa shape index (κ1) is 21.9. The van der Waals surface area contributed by atoms with E-state index in [-0.39, 0.29) is 12.2 Å². The smallest absolute Gasteiger partial charge is 0.200 e. The average molecular weight is 412 g/mol. The van der Waals surface area contributed by atoms with E-state index in [9.17, 15) is 4.57 Å². The van der Waals surface area contributed by atoms with Gasteiger partial charge in [0.05, 0.1) is 13.2 Å². The van der Waals surface area contributed by atoms with Gasteiger partial charge in [0.15, 0.2) is 19.4 Å². The van der Waals surface area contributed by atoms with Crippen molar-refractivity contribution < 1.29 is 28.0 Å². The molecule has 7 heteroatoms. The molecule has 3 rings (SSSR count). The lowest BCUT2D eigenvalue weighted by atomic mass is 9.89. The van der Waals surface area contributed by atoms with Crippen molar-refractivity contribution in [3.63, 3.8) is 0 Å². The van der Waals surface area contributed by atoms with Crippen LogP contribution in [0.3, 0.4) is 0 Å². The minimum atomic E-state index is -2.68. The van der Waals surface area contributed by atoms with E-state index in [1.54, 1.807) is 6.66 Å². The van der Waals surface area contributed by atoms with E-state index in [1.807, 2.05) is 51.1 Å². The number of fused-ring (bicyclic) bond motifs is 1. The summed E-state index contributed by atoms with van der Waals surface area (Å²) in [6, 6.07) is 10.0. The SMILES string of the molecule is CCOP(C)(=O)CC[C@]1(CC)O[C@@H]2OC(C)(C)OC2[C@H]1OCc1ccccc1. The summed E-state index contributed by atoms with van der Waals surface area (Å²) in [6.45, 7) is 10.3. The van der Waals surface area contributed by atoms with Crippen LogP contribution in [0.2, 0.25) is 0 Å². The third kappa shape index (κ3) is 4.86. The Labute approximate surface area is 168 Å². The molecular formula is C21H33O6P. The Morgan fingerprint density at radius 1 is 1.11 bits per heavy atom. The van der Waals surface area contributed by atoms with Gasteiger partial charge in [0.2, 0.25) is 0 Å². The van der Waals surface area contributed by atoms with E-state index in [0.29, 0.717) is 32.2 Å². The van der Waals surface area contributed by atoms with Gasteiger partial charge in [-0.3, -0.25) is 4.57 Å². The van der Waals surface area contributed by atoms with E-state index < -0.39 is 25.0 Å². The van der Waals surface area contributed by atoms with Gasteiger partial charge in [-0.15, -0.1) is 0 Å². The topological polar surface area (TPSA) is 63.2 Å². The first-order valence-electron chi connectivity index (χ1n) is 10.1. The third-order valence-electron chi connectivity index (χ3n) is 5.47. The maximum atomic E-state index is 12.7. The first-order valence-corrected chi connectivity index (χ1v) is 12.4. The molecule has 2 saturated heterocycles. The van der Waals surface area contributed by atoms with Gasteiger partial charge in [0.1, 0.15) is 17.8 Å². The summed E-state index contributed by atoms with van der Waals surface area (Å²) in [5, 5.41) is 0. The van der Waals surface area contributed by atoms with Crippen LogP contribution in [0.1, 0.15) is 46.1 Å². The second-order valence-electron chi connectivity index (χ2n) is 8.13. The van der Waals surface area contributed by atoms with Crippen molar-refractivity contribution in [1.29, 1.82) is 0 Å². The lowest BCUT2D eigenvalue weighted by molar-refractivity contribution is -0.246. The zero-order valence-electron chi connectivity index (χ0n) is 17.6. The Kier molecular flexibility index (Phi) is 6.70. The van der Waals surface area contributed by atoms with Crippen LogP contribution in [0.15, 0.2) is 30.3 Å². The fraction of sp³-hybridized carbons (Fsp3) is 0.714. The standard InChI is InChI=1S/C21H33O6P/c1-6-21(13-14-28(5,22)24-7-2)18(23-15-16-11-9-8-10-12-16)17-19(27-21)26-20(3,4)25-17/h8-12,17-19H,6-7,13-15H2,1-5H3/t17?,18-,19+,21+,28?/m1/s1. The molecule has 0 aliphatic carbocycles. The minimum absolute atomic E-state index is 0.314. The second kappa shape index (κ2) is 8.55. The molecule has 1 aromatic carbocycles. The van der Waals surface area contributed by atoms with Gasteiger partial charge >= 0.3 is 0 Å². The van der Waals surface area contributed by atoms with E-state index in [4.69, 9.17) is 23.5 Å². The van der Waals surface area contributed by atoms with Crippen LogP contribution < -0.4 is 0 Å².